The molecule has 3 rings (SSSR count). The minimum absolute atomic E-state index is 0.131. The topological polar surface area (TPSA) is 86.7 Å². The Labute approximate surface area is 130 Å². The van der Waals surface area contributed by atoms with Gasteiger partial charge in [-0.1, -0.05) is 0 Å². The van der Waals surface area contributed by atoms with Gasteiger partial charge in [0.05, 0.1) is 11.0 Å². The first-order chi connectivity index (χ1) is 10.5. The molecule has 1 aliphatic heterocycles. The van der Waals surface area contributed by atoms with E-state index in [1.807, 2.05) is 0 Å². The number of piperidine rings is 1. The molecule has 1 aliphatic carbocycles. The van der Waals surface area contributed by atoms with E-state index in [0.29, 0.717) is 24.9 Å². The van der Waals surface area contributed by atoms with E-state index in [2.05, 4.69) is 5.32 Å². The smallest absolute Gasteiger partial charge is 0.251 e. The van der Waals surface area contributed by atoms with Gasteiger partial charge in [0.15, 0.2) is 0 Å². The molecule has 0 radical (unpaired) electrons. The number of aliphatic hydroxyl groups is 1. The molecule has 2 aliphatic rings. The standard InChI is InChI=1S/C15H20N2O4S/c18-13-2-1-9-17(10-13)22(20,21)14-7-3-11(4-8-14)15(19)16-12-5-6-12/h3-4,7-8,12-13,18H,1-2,5-6,9-10H2,(H,16,19)/t13-/m0/s1. The summed E-state index contributed by atoms with van der Waals surface area (Å²) < 4.78 is 26.3. The third kappa shape index (κ3) is 3.31. The van der Waals surface area contributed by atoms with Crippen molar-refractivity contribution in [2.24, 2.45) is 0 Å². The normalized spacial score (nSPS) is 23.2. The van der Waals surface area contributed by atoms with Gasteiger partial charge in [0, 0.05) is 24.7 Å². The first-order valence-corrected chi connectivity index (χ1v) is 9.00. The van der Waals surface area contributed by atoms with E-state index < -0.39 is 16.1 Å². The van der Waals surface area contributed by atoms with Crippen molar-refractivity contribution in [2.45, 2.75) is 42.7 Å². The van der Waals surface area contributed by atoms with Crippen molar-refractivity contribution in [1.82, 2.24) is 9.62 Å². The fourth-order valence-electron chi connectivity index (χ4n) is 2.56. The first-order valence-electron chi connectivity index (χ1n) is 7.56. The van der Waals surface area contributed by atoms with Gasteiger partial charge in [0.25, 0.3) is 5.91 Å². The highest BCUT2D eigenvalue weighted by molar-refractivity contribution is 7.89. The van der Waals surface area contributed by atoms with Gasteiger partial charge in [-0.05, 0) is 49.9 Å². The number of hydrogen-bond acceptors (Lipinski definition) is 4. The van der Waals surface area contributed by atoms with Crippen molar-refractivity contribution in [3.8, 4) is 0 Å². The predicted molar refractivity (Wildman–Crippen MR) is 80.9 cm³/mol. The fraction of sp³-hybridized carbons (Fsp3) is 0.533. The maximum absolute atomic E-state index is 12.5. The lowest BCUT2D eigenvalue weighted by atomic mass is 10.1. The summed E-state index contributed by atoms with van der Waals surface area (Å²) in [5.41, 5.74) is 0.463. The molecule has 22 heavy (non-hydrogen) atoms. The highest BCUT2D eigenvalue weighted by Gasteiger charge is 2.29. The lowest BCUT2D eigenvalue weighted by molar-refractivity contribution is 0.0951. The van der Waals surface area contributed by atoms with Gasteiger partial charge in [-0.3, -0.25) is 4.79 Å². The number of aliphatic hydroxyl groups excluding tert-OH is 1. The number of β-amino-alcohol motifs (C(OH)–C–C–N with tert-alkyl or cyclic N) is 1. The maximum atomic E-state index is 12.5. The molecule has 1 amide bonds. The van der Waals surface area contributed by atoms with Crippen molar-refractivity contribution in [2.75, 3.05) is 13.1 Å². The molecule has 2 N–H and O–H groups in total. The van der Waals surface area contributed by atoms with Crippen LogP contribution in [0.1, 0.15) is 36.0 Å². The van der Waals surface area contributed by atoms with Gasteiger partial charge in [0.2, 0.25) is 10.0 Å². The molecule has 1 aromatic rings. The Balaban J connectivity index is 1.74. The quantitative estimate of drug-likeness (QED) is 0.854. The highest BCUT2D eigenvalue weighted by Crippen LogP contribution is 2.22. The Hall–Kier alpha value is -1.44. The molecule has 0 spiro atoms. The van der Waals surface area contributed by atoms with E-state index in [9.17, 15) is 18.3 Å². The van der Waals surface area contributed by atoms with E-state index >= 15 is 0 Å². The summed E-state index contributed by atoms with van der Waals surface area (Å²) >= 11 is 0. The van der Waals surface area contributed by atoms with Crippen LogP contribution in [0, 0.1) is 0 Å². The summed E-state index contributed by atoms with van der Waals surface area (Å²) in [5.74, 6) is -0.167. The van der Waals surface area contributed by atoms with Crippen molar-refractivity contribution in [1.29, 1.82) is 0 Å². The summed E-state index contributed by atoms with van der Waals surface area (Å²) in [4.78, 5) is 12.1. The Morgan fingerprint density at radius 3 is 2.45 bits per heavy atom. The average molecular weight is 324 g/mol. The van der Waals surface area contributed by atoms with Crippen LogP contribution < -0.4 is 5.32 Å². The van der Waals surface area contributed by atoms with Crippen LogP contribution in [0.4, 0.5) is 0 Å². The molecule has 1 saturated heterocycles. The first kappa shape index (κ1) is 15.5. The number of amides is 1. The van der Waals surface area contributed by atoms with Gasteiger partial charge in [0.1, 0.15) is 0 Å². The minimum Gasteiger partial charge on any atom is -0.392 e. The molecular formula is C15H20N2O4S. The summed E-state index contributed by atoms with van der Waals surface area (Å²) in [6.07, 6.45) is 2.70. The number of benzene rings is 1. The highest BCUT2D eigenvalue weighted by atomic mass is 32.2. The summed E-state index contributed by atoms with van der Waals surface area (Å²) in [6.45, 7) is 0.551. The Bertz CT molecular complexity index is 653. The van der Waals surface area contributed by atoms with E-state index in [1.165, 1.54) is 28.6 Å². The molecular weight excluding hydrogens is 304 g/mol. The zero-order valence-electron chi connectivity index (χ0n) is 12.2. The van der Waals surface area contributed by atoms with Crippen LogP contribution in [0.15, 0.2) is 29.2 Å². The molecule has 0 aromatic heterocycles. The number of sulfonamides is 1. The van der Waals surface area contributed by atoms with Crippen LogP contribution in [-0.4, -0.2) is 49.0 Å². The Morgan fingerprint density at radius 2 is 1.86 bits per heavy atom. The van der Waals surface area contributed by atoms with Crippen molar-refractivity contribution in [3.05, 3.63) is 29.8 Å². The van der Waals surface area contributed by atoms with Crippen LogP contribution in [-0.2, 0) is 10.0 Å². The monoisotopic (exact) mass is 324 g/mol. The molecule has 1 saturated carbocycles. The number of hydrogen-bond donors (Lipinski definition) is 2. The zero-order valence-corrected chi connectivity index (χ0v) is 13.1. The molecule has 2 fully saturated rings. The lowest BCUT2D eigenvalue weighted by Crippen LogP contribution is -2.42. The average Bonchev–Trinajstić information content (AvgIpc) is 3.31. The molecule has 120 valence electrons. The van der Waals surface area contributed by atoms with Crippen LogP contribution in [0.5, 0.6) is 0 Å². The molecule has 7 heteroatoms. The number of nitrogens with zero attached hydrogens (tertiary/aromatic N) is 1. The molecule has 1 atom stereocenters. The van der Waals surface area contributed by atoms with Gasteiger partial charge in [-0.25, -0.2) is 8.42 Å². The van der Waals surface area contributed by atoms with Crippen molar-refractivity contribution in [3.63, 3.8) is 0 Å². The molecule has 1 heterocycles. The summed E-state index contributed by atoms with van der Waals surface area (Å²) in [5, 5.41) is 12.5. The minimum atomic E-state index is -3.61. The van der Waals surface area contributed by atoms with E-state index in [-0.39, 0.29) is 23.4 Å². The van der Waals surface area contributed by atoms with E-state index in [4.69, 9.17) is 0 Å². The second-order valence-electron chi connectivity index (χ2n) is 5.93. The summed E-state index contributed by atoms with van der Waals surface area (Å²) in [7, 11) is -3.61. The molecule has 1 aromatic carbocycles. The second kappa shape index (κ2) is 5.98. The third-order valence-electron chi connectivity index (χ3n) is 4.03. The molecule has 0 unspecified atom stereocenters. The lowest BCUT2D eigenvalue weighted by Gasteiger charge is -2.29. The largest absolute Gasteiger partial charge is 0.392 e. The third-order valence-corrected chi connectivity index (χ3v) is 5.91. The second-order valence-corrected chi connectivity index (χ2v) is 7.87. The number of carbonyl (C=O) groups excluding carboxylic acids is 1. The number of rotatable bonds is 4. The van der Waals surface area contributed by atoms with Gasteiger partial charge in [-0.15, -0.1) is 0 Å². The van der Waals surface area contributed by atoms with E-state index in [0.717, 1.165) is 12.8 Å². The zero-order chi connectivity index (χ0) is 15.7. The fourth-order valence-corrected chi connectivity index (χ4v) is 4.08. The van der Waals surface area contributed by atoms with Crippen LogP contribution in [0.2, 0.25) is 0 Å². The SMILES string of the molecule is O=C(NC1CC1)c1ccc(S(=O)(=O)N2CCC[C@H](O)C2)cc1. The number of carbonyl (C=O) groups is 1. The van der Waals surface area contributed by atoms with Crippen molar-refractivity contribution < 1.29 is 18.3 Å². The summed E-state index contributed by atoms with van der Waals surface area (Å²) in [6, 6.07) is 6.25. The molecule has 0 bridgehead atoms. The Morgan fingerprint density at radius 1 is 1.18 bits per heavy atom. The maximum Gasteiger partial charge on any atom is 0.251 e. The van der Waals surface area contributed by atoms with Crippen LogP contribution in [0.3, 0.4) is 0 Å². The van der Waals surface area contributed by atoms with Gasteiger partial charge < -0.3 is 10.4 Å². The van der Waals surface area contributed by atoms with Gasteiger partial charge in [-0.2, -0.15) is 4.31 Å². The van der Waals surface area contributed by atoms with Crippen LogP contribution in [0.25, 0.3) is 0 Å². The van der Waals surface area contributed by atoms with Gasteiger partial charge >= 0.3 is 0 Å². The number of nitrogens with one attached hydrogen (secondary N) is 1. The van der Waals surface area contributed by atoms with Crippen molar-refractivity contribution >= 4 is 15.9 Å². The van der Waals surface area contributed by atoms with E-state index in [1.54, 1.807) is 0 Å². The molecule has 6 nitrogen and oxygen atoms in total. The Kier molecular flexibility index (Phi) is 4.20. The predicted octanol–water partition coefficient (Wildman–Crippen LogP) is 0.724. The van der Waals surface area contributed by atoms with Crippen LogP contribution >= 0.6 is 0 Å².